The van der Waals surface area contributed by atoms with E-state index >= 15 is 0 Å². The van der Waals surface area contributed by atoms with E-state index in [1.54, 1.807) is 12.3 Å². The maximum Gasteiger partial charge on any atom is 0.338 e. The van der Waals surface area contributed by atoms with Crippen LogP contribution in [0.3, 0.4) is 0 Å². The van der Waals surface area contributed by atoms with Crippen LogP contribution in [0.15, 0.2) is 24.3 Å². The molecule has 0 saturated heterocycles. The summed E-state index contributed by atoms with van der Waals surface area (Å²) in [6, 6.07) is 7.36. The third-order valence-corrected chi connectivity index (χ3v) is 3.39. The van der Waals surface area contributed by atoms with Gasteiger partial charge in [-0.2, -0.15) is 0 Å². The van der Waals surface area contributed by atoms with Gasteiger partial charge in [-0.1, -0.05) is 18.2 Å². The normalized spacial score (nSPS) is 12.1. The summed E-state index contributed by atoms with van der Waals surface area (Å²) >= 11 is 0. The number of ether oxygens (including phenoxy) is 1. The van der Waals surface area contributed by atoms with Crippen molar-refractivity contribution in [3.05, 3.63) is 35.4 Å². The summed E-state index contributed by atoms with van der Waals surface area (Å²) in [7, 11) is 0.637. The zero-order chi connectivity index (χ0) is 13.4. The molecule has 1 unspecified atom stereocenters. The van der Waals surface area contributed by atoms with Gasteiger partial charge < -0.3 is 10.1 Å². The lowest BCUT2D eigenvalue weighted by Gasteiger charge is -2.08. The van der Waals surface area contributed by atoms with E-state index in [1.807, 2.05) is 18.2 Å². The first-order valence-electron chi connectivity index (χ1n) is 5.82. The second-order valence-corrected chi connectivity index (χ2v) is 5.51. The standard InChI is InChI=1S/C13H19NO3S/c1-17-13(15)12-7-4-3-6-11(12)10-14-8-5-9-18(2)16/h3-4,6-7,14H,5,8-10H2,1-2H3. The summed E-state index contributed by atoms with van der Waals surface area (Å²) in [5.41, 5.74) is 1.51. The molecule has 1 rings (SSSR count). The summed E-state index contributed by atoms with van der Waals surface area (Å²) in [6.45, 7) is 1.40. The third kappa shape index (κ3) is 4.98. The fraction of sp³-hybridized carbons (Fsp3) is 0.462. The maximum absolute atomic E-state index is 11.5. The Balaban J connectivity index is 2.46. The summed E-state index contributed by atoms with van der Waals surface area (Å²) < 4.78 is 15.6. The van der Waals surface area contributed by atoms with Gasteiger partial charge in [-0.3, -0.25) is 4.21 Å². The minimum absolute atomic E-state index is 0.318. The second kappa shape index (κ2) is 8.00. The van der Waals surface area contributed by atoms with Crippen LogP contribution in [0.5, 0.6) is 0 Å². The van der Waals surface area contributed by atoms with Crippen LogP contribution >= 0.6 is 0 Å². The number of hydrogen-bond acceptors (Lipinski definition) is 4. The number of esters is 1. The smallest absolute Gasteiger partial charge is 0.338 e. The lowest BCUT2D eigenvalue weighted by molar-refractivity contribution is 0.0599. The molecule has 1 aromatic carbocycles. The Hall–Kier alpha value is -1.20. The lowest BCUT2D eigenvalue weighted by atomic mass is 10.1. The maximum atomic E-state index is 11.5. The van der Waals surface area contributed by atoms with E-state index in [4.69, 9.17) is 4.74 Å². The molecule has 1 N–H and O–H groups in total. The Morgan fingerprint density at radius 2 is 2.11 bits per heavy atom. The molecule has 0 heterocycles. The fourth-order valence-corrected chi connectivity index (χ4v) is 2.16. The van der Waals surface area contributed by atoms with E-state index in [9.17, 15) is 9.00 Å². The van der Waals surface area contributed by atoms with Crippen LogP contribution in [0, 0.1) is 0 Å². The minimum atomic E-state index is -0.741. The van der Waals surface area contributed by atoms with Crippen LogP contribution in [0.1, 0.15) is 22.3 Å². The second-order valence-electron chi connectivity index (χ2n) is 3.96. The summed E-state index contributed by atoms with van der Waals surface area (Å²) in [5.74, 6) is 0.383. The highest BCUT2D eigenvalue weighted by Gasteiger charge is 2.09. The molecule has 0 aromatic heterocycles. The summed E-state index contributed by atoms with van der Waals surface area (Å²) in [6.07, 6.45) is 2.57. The highest BCUT2D eigenvalue weighted by Crippen LogP contribution is 2.09. The highest BCUT2D eigenvalue weighted by atomic mass is 32.2. The average molecular weight is 269 g/mol. The Morgan fingerprint density at radius 3 is 2.78 bits per heavy atom. The van der Waals surface area contributed by atoms with E-state index in [1.165, 1.54) is 7.11 Å². The molecule has 0 amide bonds. The first-order valence-corrected chi connectivity index (χ1v) is 7.55. The van der Waals surface area contributed by atoms with Gasteiger partial charge in [-0.15, -0.1) is 0 Å². The molecule has 1 atom stereocenters. The molecule has 100 valence electrons. The van der Waals surface area contributed by atoms with E-state index in [-0.39, 0.29) is 5.97 Å². The Morgan fingerprint density at radius 1 is 1.39 bits per heavy atom. The molecule has 4 nitrogen and oxygen atoms in total. The molecule has 0 spiro atoms. The molecular formula is C13H19NO3S. The van der Waals surface area contributed by atoms with E-state index < -0.39 is 10.8 Å². The highest BCUT2D eigenvalue weighted by molar-refractivity contribution is 7.84. The average Bonchev–Trinajstić information content (AvgIpc) is 2.37. The van der Waals surface area contributed by atoms with Crippen molar-refractivity contribution in [3.8, 4) is 0 Å². The minimum Gasteiger partial charge on any atom is -0.465 e. The molecule has 0 saturated carbocycles. The summed E-state index contributed by atoms with van der Waals surface area (Å²) in [4.78, 5) is 11.5. The van der Waals surface area contributed by atoms with Crippen LogP contribution in [0.4, 0.5) is 0 Å². The number of benzene rings is 1. The molecule has 0 aliphatic carbocycles. The number of nitrogens with one attached hydrogen (secondary N) is 1. The number of methoxy groups -OCH3 is 1. The van der Waals surface area contributed by atoms with Crippen molar-refractivity contribution in [2.75, 3.05) is 25.7 Å². The monoisotopic (exact) mass is 269 g/mol. The molecule has 0 radical (unpaired) electrons. The predicted octanol–water partition coefficient (Wildman–Crippen LogP) is 1.33. The van der Waals surface area contributed by atoms with Crippen molar-refractivity contribution in [3.63, 3.8) is 0 Å². The van der Waals surface area contributed by atoms with Crippen molar-refractivity contribution in [2.24, 2.45) is 0 Å². The number of carbonyl (C=O) groups is 1. The van der Waals surface area contributed by atoms with Crippen LogP contribution in [0.25, 0.3) is 0 Å². The largest absolute Gasteiger partial charge is 0.465 e. The number of carbonyl (C=O) groups excluding carboxylic acids is 1. The first-order chi connectivity index (χ1) is 8.65. The first kappa shape index (κ1) is 14.9. The molecule has 5 heteroatoms. The van der Waals surface area contributed by atoms with Crippen molar-refractivity contribution >= 4 is 16.8 Å². The van der Waals surface area contributed by atoms with Crippen LogP contribution in [-0.4, -0.2) is 35.8 Å². The van der Waals surface area contributed by atoms with E-state index in [0.717, 1.165) is 18.5 Å². The van der Waals surface area contributed by atoms with Gasteiger partial charge in [0.25, 0.3) is 0 Å². The zero-order valence-corrected chi connectivity index (χ0v) is 11.6. The van der Waals surface area contributed by atoms with Crippen LogP contribution in [-0.2, 0) is 22.1 Å². The van der Waals surface area contributed by atoms with E-state index in [2.05, 4.69) is 5.32 Å². The number of rotatable bonds is 7. The van der Waals surface area contributed by atoms with Gasteiger partial charge in [0.1, 0.15) is 0 Å². The Labute approximate surface area is 110 Å². The SMILES string of the molecule is COC(=O)c1ccccc1CNCCCS(C)=O. The van der Waals surface area contributed by atoms with Crippen molar-refractivity contribution in [2.45, 2.75) is 13.0 Å². The van der Waals surface area contributed by atoms with Gasteiger partial charge >= 0.3 is 5.97 Å². The topological polar surface area (TPSA) is 55.4 Å². The molecule has 0 aliphatic heterocycles. The quantitative estimate of drug-likeness (QED) is 0.599. The molecule has 0 aliphatic rings. The van der Waals surface area contributed by atoms with Gasteiger partial charge in [0.05, 0.1) is 12.7 Å². The van der Waals surface area contributed by atoms with Gasteiger partial charge in [0, 0.05) is 29.4 Å². The Bertz CT molecular complexity index is 420. The molecule has 0 fully saturated rings. The number of hydrogen-bond donors (Lipinski definition) is 1. The molecule has 1 aromatic rings. The molecular weight excluding hydrogens is 250 g/mol. The predicted molar refractivity (Wildman–Crippen MR) is 73.0 cm³/mol. The summed E-state index contributed by atoms with van der Waals surface area (Å²) in [5, 5.41) is 3.23. The van der Waals surface area contributed by atoms with Crippen molar-refractivity contribution in [1.82, 2.24) is 5.32 Å². The van der Waals surface area contributed by atoms with Gasteiger partial charge in [0.15, 0.2) is 0 Å². The van der Waals surface area contributed by atoms with Gasteiger partial charge in [-0.05, 0) is 24.6 Å². The lowest BCUT2D eigenvalue weighted by Crippen LogP contribution is -2.18. The van der Waals surface area contributed by atoms with Crippen molar-refractivity contribution < 1.29 is 13.7 Å². The third-order valence-electron chi connectivity index (χ3n) is 2.52. The van der Waals surface area contributed by atoms with Gasteiger partial charge in [-0.25, -0.2) is 4.79 Å². The van der Waals surface area contributed by atoms with Gasteiger partial charge in [0.2, 0.25) is 0 Å². The van der Waals surface area contributed by atoms with Crippen molar-refractivity contribution in [1.29, 1.82) is 0 Å². The zero-order valence-electron chi connectivity index (χ0n) is 10.8. The molecule has 0 bridgehead atoms. The van der Waals surface area contributed by atoms with Crippen LogP contribution in [0.2, 0.25) is 0 Å². The fourth-order valence-electron chi connectivity index (χ4n) is 1.61. The van der Waals surface area contributed by atoms with Crippen LogP contribution < -0.4 is 5.32 Å². The molecule has 18 heavy (non-hydrogen) atoms. The van der Waals surface area contributed by atoms with E-state index in [0.29, 0.717) is 17.9 Å². The Kier molecular flexibility index (Phi) is 6.60.